The summed E-state index contributed by atoms with van der Waals surface area (Å²) in [5.74, 6) is -0.886. The fraction of sp³-hybridized carbons (Fsp3) is 0.538. The van der Waals surface area contributed by atoms with E-state index in [0.717, 1.165) is 5.56 Å². The van der Waals surface area contributed by atoms with Crippen LogP contribution in [0.25, 0.3) is 0 Å². The molecule has 2 unspecified atom stereocenters. The molecule has 2 atom stereocenters. The monoisotopic (exact) mass is 237 g/mol. The molecule has 0 radical (unpaired) electrons. The number of hydrogen-bond donors (Lipinski definition) is 1. The van der Waals surface area contributed by atoms with Crippen LogP contribution in [0.2, 0.25) is 0 Å². The number of carbonyl (C=O) groups is 1. The molecule has 94 valence electrons. The third-order valence-electron chi connectivity index (χ3n) is 2.81. The van der Waals surface area contributed by atoms with Gasteiger partial charge in [0.15, 0.2) is 0 Å². The zero-order chi connectivity index (χ0) is 12.8. The third kappa shape index (κ3) is 3.27. The highest BCUT2D eigenvalue weighted by Crippen LogP contribution is 2.27. The highest BCUT2D eigenvalue weighted by Gasteiger charge is 2.28. The average molecular weight is 237 g/mol. The second kappa shape index (κ2) is 6.35. The van der Waals surface area contributed by atoms with E-state index in [1.165, 1.54) is 0 Å². The van der Waals surface area contributed by atoms with Crippen LogP contribution in [-0.2, 0) is 9.53 Å². The van der Waals surface area contributed by atoms with E-state index in [4.69, 9.17) is 4.74 Å². The quantitative estimate of drug-likeness (QED) is 0.796. The van der Waals surface area contributed by atoms with Crippen LogP contribution >= 0.6 is 0 Å². The van der Waals surface area contributed by atoms with E-state index >= 15 is 0 Å². The van der Waals surface area contributed by atoms with E-state index < -0.39 is 12.0 Å². The van der Waals surface area contributed by atoms with Crippen molar-refractivity contribution in [2.75, 3.05) is 6.61 Å². The minimum atomic E-state index is -0.854. The molecule has 0 spiro atoms. The number of aromatic nitrogens is 1. The predicted octanol–water partition coefficient (Wildman–Crippen LogP) is 2.01. The molecule has 0 aliphatic heterocycles. The van der Waals surface area contributed by atoms with Crippen LogP contribution in [-0.4, -0.2) is 22.7 Å². The maximum atomic E-state index is 11.7. The Hall–Kier alpha value is -1.42. The zero-order valence-electron chi connectivity index (χ0n) is 10.5. The van der Waals surface area contributed by atoms with Crippen LogP contribution in [0.1, 0.15) is 37.5 Å². The summed E-state index contributed by atoms with van der Waals surface area (Å²) in [5.41, 5.74) is 1.61. The molecule has 0 saturated carbocycles. The SMILES string of the molecule is CCOC(=O)C(CC)C(O)c1cnccc1C. The van der Waals surface area contributed by atoms with Gasteiger partial charge in [-0.05, 0) is 31.9 Å². The first kappa shape index (κ1) is 13.6. The first-order valence-corrected chi connectivity index (χ1v) is 5.87. The fourth-order valence-corrected chi connectivity index (χ4v) is 1.77. The Kier molecular flexibility index (Phi) is 5.10. The number of hydrogen-bond acceptors (Lipinski definition) is 4. The second-order valence-corrected chi connectivity index (χ2v) is 3.94. The summed E-state index contributed by atoms with van der Waals surface area (Å²) in [5, 5.41) is 10.2. The lowest BCUT2D eigenvalue weighted by molar-refractivity contribution is -0.152. The first-order valence-electron chi connectivity index (χ1n) is 5.87. The molecule has 1 N–H and O–H groups in total. The topological polar surface area (TPSA) is 59.4 Å². The lowest BCUT2D eigenvalue weighted by atomic mass is 9.92. The van der Waals surface area contributed by atoms with Crippen molar-refractivity contribution in [2.45, 2.75) is 33.3 Å². The van der Waals surface area contributed by atoms with Gasteiger partial charge < -0.3 is 9.84 Å². The van der Waals surface area contributed by atoms with E-state index in [0.29, 0.717) is 18.6 Å². The van der Waals surface area contributed by atoms with Gasteiger partial charge in [0, 0.05) is 18.0 Å². The third-order valence-corrected chi connectivity index (χ3v) is 2.81. The molecule has 0 fully saturated rings. The summed E-state index contributed by atoms with van der Waals surface area (Å²) in [4.78, 5) is 15.7. The summed E-state index contributed by atoms with van der Waals surface area (Å²) < 4.78 is 4.96. The van der Waals surface area contributed by atoms with Gasteiger partial charge in [-0.2, -0.15) is 0 Å². The van der Waals surface area contributed by atoms with Gasteiger partial charge in [-0.15, -0.1) is 0 Å². The van der Waals surface area contributed by atoms with Crippen LogP contribution in [0.5, 0.6) is 0 Å². The van der Waals surface area contributed by atoms with E-state index in [2.05, 4.69) is 4.98 Å². The Morgan fingerprint density at radius 1 is 1.53 bits per heavy atom. The molecule has 1 heterocycles. The van der Waals surface area contributed by atoms with Crippen molar-refractivity contribution in [3.63, 3.8) is 0 Å². The van der Waals surface area contributed by atoms with Gasteiger partial charge in [0.2, 0.25) is 0 Å². The number of carbonyl (C=O) groups excluding carboxylic acids is 1. The predicted molar refractivity (Wildman–Crippen MR) is 64.3 cm³/mol. The molecule has 0 aromatic carbocycles. The number of nitrogens with zero attached hydrogens (tertiary/aromatic N) is 1. The molecule has 0 aliphatic carbocycles. The van der Waals surface area contributed by atoms with Gasteiger partial charge in [-0.1, -0.05) is 6.92 Å². The molecular formula is C13H19NO3. The number of pyridine rings is 1. The van der Waals surface area contributed by atoms with Crippen molar-refractivity contribution in [2.24, 2.45) is 5.92 Å². The molecule has 0 amide bonds. The van der Waals surface area contributed by atoms with E-state index in [-0.39, 0.29) is 5.97 Å². The number of aliphatic hydroxyl groups excluding tert-OH is 1. The second-order valence-electron chi connectivity index (χ2n) is 3.94. The lowest BCUT2D eigenvalue weighted by Crippen LogP contribution is -2.24. The molecule has 0 aliphatic rings. The Labute approximate surface area is 102 Å². The standard InChI is InChI=1S/C13H19NO3/c1-4-10(13(16)17-5-2)12(15)11-8-14-7-6-9(11)3/h6-8,10,12,15H,4-5H2,1-3H3. The van der Waals surface area contributed by atoms with Crippen molar-refractivity contribution in [1.29, 1.82) is 0 Å². The van der Waals surface area contributed by atoms with E-state index in [1.54, 1.807) is 19.3 Å². The highest BCUT2D eigenvalue weighted by atomic mass is 16.5. The molecule has 0 bridgehead atoms. The number of ether oxygens (including phenoxy) is 1. The van der Waals surface area contributed by atoms with Crippen LogP contribution in [0.15, 0.2) is 18.5 Å². The average Bonchev–Trinajstić information content (AvgIpc) is 2.30. The number of aliphatic hydroxyl groups is 1. The van der Waals surface area contributed by atoms with Gasteiger partial charge in [0.05, 0.1) is 18.6 Å². The highest BCUT2D eigenvalue weighted by molar-refractivity contribution is 5.73. The van der Waals surface area contributed by atoms with Crippen molar-refractivity contribution in [3.8, 4) is 0 Å². The van der Waals surface area contributed by atoms with Gasteiger partial charge in [0.25, 0.3) is 0 Å². The minimum Gasteiger partial charge on any atom is -0.466 e. The molecule has 0 saturated heterocycles. The summed E-state index contributed by atoms with van der Waals surface area (Å²) in [7, 11) is 0. The summed E-state index contributed by atoms with van der Waals surface area (Å²) in [6, 6.07) is 1.82. The molecular weight excluding hydrogens is 218 g/mol. The van der Waals surface area contributed by atoms with Crippen LogP contribution < -0.4 is 0 Å². The first-order chi connectivity index (χ1) is 8.11. The largest absolute Gasteiger partial charge is 0.466 e. The number of rotatable bonds is 5. The van der Waals surface area contributed by atoms with E-state index in [1.807, 2.05) is 19.9 Å². The maximum Gasteiger partial charge on any atom is 0.311 e. The Bertz CT molecular complexity index is 379. The molecule has 1 rings (SSSR count). The van der Waals surface area contributed by atoms with Crippen LogP contribution in [0.3, 0.4) is 0 Å². The normalized spacial score (nSPS) is 14.1. The molecule has 17 heavy (non-hydrogen) atoms. The van der Waals surface area contributed by atoms with Crippen molar-refractivity contribution in [3.05, 3.63) is 29.6 Å². The Morgan fingerprint density at radius 3 is 2.76 bits per heavy atom. The maximum absolute atomic E-state index is 11.7. The Balaban J connectivity index is 2.90. The summed E-state index contributed by atoms with van der Waals surface area (Å²) in [6.07, 6.45) is 2.94. The van der Waals surface area contributed by atoms with Crippen molar-refractivity contribution in [1.82, 2.24) is 4.98 Å². The van der Waals surface area contributed by atoms with Crippen molar-refractivity contribution < 1.29 is 14.6 Å². The smallest absolute Gasteiger partial charge is 0.311 e. The van der Waals surface area contributed by atoms with Crippen LogP contribution in [0.4, 0.5) is 0 Å². The lowest BCUT2D eigenvalue weighted by Gasteiger charge is -2.21. The fourth-order valence-electron chi connectivity index (χ4n) is 1.77. The molecule has 4 nitrogen and oxygen atoms in total. The molecule has 1 aromatic rings. The summed E-state index contributed by atoms with van der Waals surface area (Å²) in [6.45, 7) is 5.83. The van der Waals surface area contributed by atoms with Gasteiger partial charge in [0.1, 0.15) is 0 Å². The van der Waals surface area contributed by atoms with E-state index in [9.17, 15) is 9.90 Å². The number of esters is 1. The molecule has 1 aromatic heterocycles. The zero-order valence-corrected chi connectivity index (χ0v) is 10.5. The number of aryl methyl sites for hydroxylation is 1. The van der Waals surface area contributed by atoms with Gasteiger partial charge >= 0.3 is 5.97 Å². The minimum absolute atomic E-state index is 0.327. The summed E-state index contributed by atoms with van der Waals surface area (Å²) >= 11 is 0. The van der Waals surface area contributed by atoms with Crippen LogP contribution in [0, 0.1) is 12.8 Å². The van der Waals surface area contributed by atoms with Gasteiger partial charge in [-0.3, -0.25) is 9.78 Å². The Morgan fingerprint density at radius 2 is 2.24 bits per heavy atom. The van der Waals surface area contributed by atoms with Crippen molar-refractivity contribution >= 4 is 5.97 Å². The molecule has 4 heteroatoms. The van der Waals surface area contributed by atoms with Gasteiger partial charge in [-0.25, -0.2) is 0 Å².